The average molecular weight is 367 g/mol. The molecule has 27 heavy (non-hydrogen) atoms. The van der Waals surface area contributed by atoms with E-state index in [1.54, 1.807) is 5.57 Å². The highest BCUT2D eigenvalue weighted by Gasteiger charge is 2.77. The third kappa shape index (κ3) is 2.39. The summed E-state index contributed by atoms with van der Waals surface area (Å²) >= 11 is 0. The van der Waals surface area contributed by atoms with Gasteiger partial charge in [0, 0.05) is 24.1 Å². The van der Waals surface area contributed by atoms with Gasteiger partial charge in [-0.25, -0.2) is 0 Å². The van der Waals surface area contributed by atoms with Crippen LogP contribution in [0.3, 0.4) is 0 Å². The highest BCUT2D eigenvalue weighted by molar-refractivity contribution is 5.69. The molecule has 3 rings (SSSR count). The van der Waals surface area contributed by atoms with Crippen molar-refractivity contribution in [2.24, 2.45) is 5.41 Å². The van der Waals surface area contributed by atoms with E-state index >= 15 is 0 Å². The number of nitrogens with zero attached hydrogens (tertiary/aromatic N) is 1. The molecule has 0 aromatic carbocycles. The van der Waals surface area contributed by atoms with Crippen molar-refractivity contribution in [3.63, 3.8) is 0 Å². The first-order chi connectivity index (χ1) is 12.9. The van der Waals surface area contributed by atoms with Crippen LogP contribution in [-0.2, 0) is 11.0 Å². The van der Waals surface area contributed by atoms with Crippen LogP contribution in [0.2, 0.25) is 0 Å². The predicted octanol–water partition coefficient (Wildman–Crippen LogP) is 7.10. The standard InChI is InChI=1S/C26H40N/c1-8-12-13-14-15-17-21-20(5)22-18-16-19-23-25(7,10-3)26(11-4,27(22)23)24(21,6)9-2/h15-19H,8-14H2,1-7H3/q+1. The van der Waals surface area contributed by atoms with E-state index in [0.717, 1.165) is 0 Å². The lowest BCUT2D eigenvalue weighted by Crippen LogP contribution is -2.86. The van der Waals surface area contributed by atoms with Gasteiger partial charge in [-0.3, -0.25) is 0 Å². The van der Waals surface area contributed by atoms with Crippen LogP contribution in [0.4, 0.5) is 0 Å². The molecule has 0 aliphatic carbocycles. The van der Waals surface area contributed by atoms with Crippen molar-refractivity contribution in [1.29, 1.82) is 0 Å². The van der Waals surface area contributed by atoms with Gasteiger partial charge in [-0.2, -0.15) is 4.57 Å². The summed E-state index contributed by atoms with van der Waals surface area (Å²) in [5.74, 6) is 0. The molecule has 1 nitrogen and oxygen atoms in total. The topological polar surface area (TPSA) is 3.88 Å². The van der Waals surface area contributed by atoms with Gasteiger partial charge >= 0.3 is 0 Å². The molecule has 0 radical (unpaired) electrons. The number of unbranched alkanes of at least 4 members (excludes halogenated alkanes) is 3. The van der Waals surface area contributed by atoms with E-state index < -0.39 is 0 Å². The van der Waals surface area contributed by atoms with Crippen LogP contribution in [0.15, 0.2) is 35.9 Å². The zero-order valence-corrected chi connectivity index (χ0v) is 18.8. The predicted molar refractivity (Wildman–Crippen MR) is 117 cm³/mol. The maximum atomic E-state index is 2.73. The van der Waals surface area contributed by atoms with Gasteiger partial charge in [-0.15, -0.1) is 0 Å². The van der Waals surface area contributed by atoms with Gasteiger partial charge in [0.15, 0.2) is 11.2 Å². The van der Waals surface area contributed by atoms with E-state index in [-0.39, 0.29) is 16.4 Å². The lowest BCUT2D eigenvalue weighted by atomic mass is 9.44. The second-order valence-electron chi connectivity index (χ2n) is 9.15. The van der Waals surface area contributed by atoms with Gasteiger partial charge in [0.25, 0.3) is 0 Å². The molecule has 0 amide bonds. The van der Waals surface area contributed by atoms with Gasteiger partial charge < -0.3 is 0 Å². The van der Waals surface area contributed by atoms with Gasteiger partial charge in [0.2, 0.25) is 5.69 Å². The molecule has 0 saturated heterocycles. The molecule has 0 saturated carbocycles. The highest BCUT2D eigenvalue weighted by atomic mass is 15.2. The third-order valence-corrected chi connectivity index (χ3v) is 8.33. The minimum Gasteiger partial charge on any atom is -0.188 e. The molecule has 1 heteroatoms. The molecule has 0 spiro atoms. The monoisotopic (exact) mass is 366 g/mol. The van der Waals surface area contributed by atoms with Crippen LogP contribution in [0.1, 0.15) is 105 Å². The summed E-state index contributed by atoms with van der Waals surface area (Å²) < 4.78 is 2.73. The maximum absolute atomic E-state index is 2.73. The molecular weight excluding hydrogens is 326 g/mol. The Morgan fingerprint density at radius 3 is 2.22 bits per heavy atom. The molecule has 0 bridgehead atoms. The molecule has 3 unspecified atom stereocenters. The summed E-state index contributed by atoms with van der Waals surface area (Å²) in [6.45, 7) is 16.9. The van der Waals surface area contributed by atoms with Crippen LogP contribution in [0.5, 0.6) is 0 Å². The van der Waals surface area contributed by atoms with Crippen molar-refractivity contribution >= 4 is 5.57 Å². The fraction of sp³-hybridized carbons (Fsp3) is 0.654. The molecule has 2 aliphatic rings. The Morgan fingerprint density at radius 1 is 0.926 bits per heavy atom. The smallest absolute Gasteiger partial charge is 0.188 e. The number of allylic oxidation sites excluding steroid dienone is 4. The fourth-order valence-corrected chi connectivity index (χ4v) is 6.60. The summed E-state index contributed by atoms with van der Waals surface area (Å²) in [6.07, 6.45) is 13.7. The number of hydrogen-bond acceptors (Lipinski definition) is 0. The van der Waals surface area contributed by atoms with Gasteiger partial charge in [0.1, 0.15) is 5.41 Å². The van der Waals surface area contributed by atoms with Crippen molar-refractivity contribution in [1.82, 2.24) is 0 Å². The van der Waals surface area contributed by atoms with Crippen molar-refractivity contribution in [3.05, 3.63) is 47.3 Å². The Hall–Kier alpha value is -1.37. The van der Waals surface area contributed by atoms with Crippen LogP contribution in [0.25, 0.3) is 5.57 Å². The first-order valence-electron chi connectivity index (χ1n) is 11.3. The molecule has 3 atom stereocenters. The Balaban J connectivity index is 2.19. The normalized spacial score (nSPS) is 32.0. The van der Waals surface area contributed by atoms with E-state index in [1.165, 1.54) is 61.9 Å². The number of rotatable bonds is 8. The molecule has 148 valence electrons. The van der Waals surface area contributed by atoms with Gasteiger partial charge in [0.05, 0.1) is 5.41 Å². The first kappa shape index (κ1) is 20.4. The molecule has 3 heterocycles. The molecule has 0 fully saturated rings. The van der Waals surface area contributed by atoms with Crippen molar-refractivity contribution in [3.8, 4) is 0 Å². The molecular formula is C26H40N+. The number of hydrogen-bond donors (Lipinski definition) is 0. The lowest BCUT2D eigenvalue weighted by molar-refractivity contribution is -0.849. The molecule has 2 aliphatic heterocycles. The average Bonchev–Trinajstić information content (AvgIpc) is 2.69. The maximum Gasteiger partial charge on any atom is 0.209 e. The minimum atomic E-state index is 0.171. The summed E-state index contributed by atoms with van der Waals surface area (Å²) in [5, 5.41) is 0. The van der Waals surface area contributed by atoms with E-state index in [2.05, 4.69) is 83.4 Å². The van der Waals surface area contributed by atoms with Crippen molar-refractivity contribution in [2.75, 3.05) is 0 Å². The zero-order chi connectivity index (χ0) is 19.9. The van der Waals surface area contributed by atoms with Crippen LogP contribution < -0.4 is 4.57 Å². The van der Waals surface area contributed by atoms with E-state index in [9.17, 15) is 0 Å². The van der Waals surface area contributed by atoms with Gasteiger partial charge in [-0.05, 0) is 58.1 Å². The highest BCUT2D eigenvalue weighted by Crippen LogP contribution is 2.64. The summed E-state index contributed by atoms with van der Waals surface area (Å²) in [5.41, 5.74) is 6.63. The Labute approximate surface area is 167 Å². The van der Waals surface area contributed by atoms with Crippen LogP contribution in [0, 0.1) is 5.41 Å². The van der Waals surface area contributed by atoms with E-state index in [4.69, 9.17) is 0 Å². The SMILES string of the molecule is CCCCCC=CC1=C(C)c2cccc3[n+]2C(CC)(C1(C)CC)C3(C)CC. The Morgan fingerprint density at radius 2 is 1.63 bits per heavy atom. The molecule has 0 N–H and O–H groups in total. The zero-order valence-electron chi connectivity index (χ0n) is 18.8. The Bertz CT molecular complexity index is 770. The summed E-state index contributed by atoms with van der Waals surface area (Å²) in [4.78, 5) is 0. The van der Waals surface area contributed by atoms with Crippen molar-refractivity contribution < 1.29 is 4.57 Å². The Kier molecular flexibility index (Phi) is 5.45. The third-order valence-electron chi connectivity index (χ3n) is 8.33. The molecule has 1 aromatic rings. The van der Waals surface area contributed by atoms with Crippen molar-refractivity contribution in [2.45, 2.75) is 104 Å². The summed E-state index contributed by atoms with van der Waals surface area (Å²) in [6, 6.07) is 6.99. The fourth-order valence-electron chi connectivity index (χ4n) is 6.60. The summed E-state index contributed by atoms with van der Waals surface area (Å²) in [7, 11) is 0. The quantitative estimate of drug-likeness (QED) is 0.341. The van der Waals surface area contributed by atoms with Crippen LogP contribution >= 0.6 is 0 Å². The first-order valence-corrected chi connectivity index (χ1v) is 11.3. The number of aromatic nitrogens is 1. The lowest BCUT2D eigenvalue weighted by Gasteiger charge is -2.61. The second-order valence-corrected chi connectivity index (χ2v) is 9.15. The van der Waals surface area contributed by atoms with Gasteiger partial charge in [-0.1, -0.05) is 52.7 Å². The van der Waals surface area contributed by atoms with E-state index in [1.807, 2.05) is 0 Å². The van der Waals surface area contributed by atoms with Crippen LogP contribution in [-0.4, -0.2) is 0 Å². The van der Waals surface area contributed by atoms with E-state index in [0.29, 0.717) is 0 Å². The minimum absolute atomic E-state index is 0.171. The molecule has 1 aromatic heterocycles. The largest absolute Gasteiger partial charge is 0.209 e. The number of pyridine rings is 1. The second kappa shape index (κ2) is 7.22.